The number of hydrogen-bond donors (Lipinski definition) is 2. The Morgan fingerprint density at radius 2 is 1.38 bits per heavy atom. The summed E-state index contributed by atoms with van der Waals surface area (Å²) in [5, 5.41) is 20.4. The molecular formula is C47H64Cl2O6. The van der Waals surface area contributed by atoms with Crippen molar-refractivity contribution in [1.82, 2.24) is 0 Å². The quantitative estimate of drug-likeness (QED) is 0.198. The van der Waals surface area contributed by atoms with Crippen LogP contribution in [0.4, 0.5) is 0 Å². The van der Waals surface area contributed by atoms with Gasteiger partial charge in [-0.3, -0.25) is 0 Å². The number of carboxylic acids is 2. The maximum atomic E-state index is 12.3. The van der Waals surface area contributed by atoms with Crippen molar-refractivity contribution in [3.8, 4) is 11.5 Å². The van der Waals surface area contributed by atoms with Gasteiger partial charge in [-0.15, -0.1) is 0 Å². The second-order valence-corrected chi connectivity index (χ2v) is 19.5. The van der Waals surface area contributed by atoms with E-state index in [2.05, 4.69) is 40.7 Å². The van der Waals surface area contributed by atoms with E-state index in [1.165, 1.54) is 103 Å². The lowest BCUT2D eigenvalue weighted by Gasteiger charge is -2.61. The molecule has 0 radical (unpaired) electrons. The summed E-state index contributed by atoms with van der Waals surface area (Å²) in [5.74, 6) is 4.34. The van der Waals surface area contributed by atoms with Gasteiger partial charge in [0.05, 0.1) is 24.3 Å². The lowest BCUT2D eigenvalue weighted by atomic mass is 9.44. The van der Waals surface area contributed by atoms with Crippen molar-refractivity contribution in [3.05, 3.63) is 62.6 Å². The number of carbonyl (C=O) groups is 2. The number of benzene rings is 2. The smallest absolute Gasteiger partial charge is 0.339 e. The van der Waals surface area contributed by atoms with E-state index in [1.54, 1.807) is 12.1 Å². The number of ether oxygens (including phenoxy) is 2. The van der Waals surface area contributed by atoms with Crippen LogP contribution in [0.2, 0.25) is 10.0 Å². The fourth-order valence-electron chi connectivity index (χ4n) is 12.7. The highest BCUT2D eigenvalue weighted by atomic mass is 35.5. The fourth-order valence-corrected chi connectivity index (χ4v) is 13.3. The van der Waals surface area contributed by atoms with Gasteiger partial charge in [-0.1, -0.05) is 83.2 Å². The van der Waals surface area contributed by atoms with E-state index in [0.717, 1.165) is 54.3 Å². The van der Waals surface area contributed by atoms with Crippen molar-refractivity contribution in [1.29, 1.82) is 0 Å². The van der Waals surface area contributed by atoms with Crippen LogP contribution in [0.3, 0.4) is 0 Å². The first-order valence-electron chi connectivity index (χ1n) is 21.0. The van der Waals surface area contributed by atoms with Crippen molar-refractivity contribution in [2.45, 2.75) is 125 Å². The van der Waals surface area contributed by atoms with Crippen LogP contribution >= 0.6 is 23.2 Å². The molecule has 4 aliphatic carbocycles. The van der Waals surface area contributed by atoms with Crippen LogP contribution in [0.15, 0.2) is 30.3 Å². The van der Waals surface area contributed by atoms with E-state index in [4.69, 9.17) is 32.7 Å². The highest BCUT2D eigenvalue weighted by molar-refractivity contribution is 6.33. The minimum absolute atomic E-state index is 0.0663. The number of allylic oxidation sites excluding steroid dienone is 1. The van der Waals surface area contributed by atoms with E-state index in [1.807, 2.05) is 0 Å². The third-order valence-corrected chi connectivity index (χ3v) is 16.0. The number of hydrogen-bond acceptors (Lipinski definition) is 4. The van der Waals surface area contributed by atoms with Crippen LogP contribution in [0.5, 0.6) is 11.5 Å². The third kappa shape index (κ3) is 8.20. The molecule has 6 nitrogen and oxygen atoms in total. The van der Waals surface area contributed by atoms with Gasteiger partial charge in [0.1, 0.15) is 11.1 Å². The Kier molecular flexibility index (Phi) is 13.0. The molecule has 4 fully saturated rings. The van der Waals surface area contributed by atoms with Gasteiger partial charge < -0.3 is 19.7 Å². The molecule has 6 rings (SSSR count). The molecule has 2 unspecified atom stereocenters. The standard InChI is InChI=1S/C47H64Cl2O6/c1-27(2)10-8-11-28(3)37-16-17-38-34-15-14-32-22-29(18-20-46(32,4)39(34)19-21-47(37,38)5)12-9-13-33(30-23-35(44(50)51)42(54-6)40(48)25-30)31-24-36(45(52)53)43(55-7)41(49)26-31/h13,23-29,32,34,37-39H,8-12,14-22H2,1-7H3,(H,50,51)(H,52,53)/t28-,29?,32?,34+,37-,38+,39+,46+,47-/m1/s1. The van der Waals surface area contributed by atoms with Crippen molar-refractivity contribution in [2.24, 2.45) is 58.2 Å². The molecule has 2 aromatic carbocycles. The molecule has 0 amide bonds. The summed E-state index contributed by atoms with van der Waals surface area (Å²) < 4.78 is 10.7. The first-order valence-corrected chi connectivity index (χ1v) is 21.8. The Labute approximate surface area is 339 Å². The first kappa shape index (κ1) is 41.9. The first-order chi connectivity index (χ1) is 26.1. The van der Waals surface area contributed by atoms with Gasteiger partial charge in [0.15, 0.2) is 11.5 Å². The molecule has 0 bridgehead atoms. The minimum Gasteiger partial charge on any atom is -0.494 e. The van der Waals surface area contributed by atoms with Gasteiger partial charge in [-0.25, -0.2) is 9.59 Å². The predicted molar refractivity (Wildman–Crippen MR) is 223 cm³/mol. The number of fused-ring (bicyclic) bond motifs is 5. The second kappa shape index (κ2) is 17.0. The third-order valence-electron chi connectivity index (χ3n) is 15.5. The van der Waals surface area contributed by atoms with Crippen molar-refractivity contribution in [2.75, 3.05) is 14.2 Å². The lowest BCUT2D eigenvalue weighted by molar-refractivity contribution is -0.121. The molecule has 0 aromatic heterocycles. The van der Waals surface area contributed by atoms with Gasteiger partial charge >= 0.3 is 11.9 Å². The molecule has 8 heteroatoms. The molecule has 0 spiro atoms. The maximum Gasteiger partial charge on any atom is 0.339 e. The molecular weight excluding hydrogens is 731 g/mol. The van der Waals surface area contributed by atoms with Crippen LogP contribution in [0, 0.1) is 58.2 Å². The molecule has 0 saturated heterocycles. The van der Waals surface area contributed by atoms with Crippen molar-refractivity contribution in [3.63, 3.8) is 0 Å². The van der Waals surface area contributed by atoms with Gasteiger partial charge in [0.25, 0.3) is 0 Å². The Morgan fingerprint density at radius 3 is 1.95 bits per heavy atom. The van der Waals surface area contributed by atoms with Gasteiger partial charge in [0.2, 0.25) is 0 Å². The lowest BCUT2D eigenvalue weighted by Crippen LogP contribution is -2.53. The van der Waals surface area contributed by atoms with E-state index >= 15 is 0 Å². The summed E-state index contributed by atoms with van der Waals surface area (Å²) >= 11 is 13.2. The molecule has 302 valence electrons. The van der Waals surface area contributed by atoms with Crippen LogP contribution in [-0.2, 0) is 0 Å². The molecule has 2 aromatic rings. The summed E-state index contributed by atoms with van der Waals surface area (Å²) in [7, 11) is 2.78. The molecule has 4 aliphatic rings. The molecule has 55 heavy (non-hydrogen) atoms. The second-order valence-electron chi connectivity index (χ2n) is 18.7. The van der Waals surface area contributed by atoms with Crippen LogP contribution in [-0.4, -0.2) is 36.4 Å². The number of aromatic carboxylic acids is 2. The van der Waals surface area contributed by atoms with E-state index in [9.17, 15) is 19.8 Å². The highest BCUT2D eigenvalue weighted by Gasteiger charge is 2.60. The average molecular weight is 796 g/mol. The average Bonchev–Trinajstić information content (AvgIpc) is 3.49. The number of rotatable bonds is 14. The van der Waals surface area contributed by atoms with Crippen LogP contribution < -0.4 is 9.47 Å². The predicted octanol–water partition coefficient (Wildman–Crippen LogP) is 13.4. The zero-order valence-corrected chi connectivity index (χ0v) is 35.7. The number of halogens is 2. The monoisotopic (exact) mass is 794 g/mol. The minimum atomic E-state index is -1.17. The van der Waals surface area contributed by atoms with Crippen molar-refractivity contribution < 1.29 is 29.3 Å². The van der Waals surface area contributed by atoms with Crippen LogP contribution in [0.1, 0.15) is 156 Å². The number of methoxy groups -OCH3 is 2. The summed E-state index contributed by atoms with van der Waals surface area (Å²) in [6.07, 6.45) is 20.2. The zero-order chi connectivity index (χ0) is 39.8. The van der Waals surface area contributed by atoms with Gasteiger partial charge in [-0.2, -0.15) is 0 Å². The largest absolute Gasteiger partial charge is 0.494 e. The summed E-state index contributed by atoms with van der Waals surface area (Å²) in [4.78, 5) is 24.5. The molecule has 2 N–H and O–H groups in total. The van der Waals surface area contributed by atoms with Gasteiger partial charge in [-0.05, 0) is 170 Å². The Balaban J connectivity index is 1.19. The summed E-state index contributed by atoms with van der Waals surface area (Å²) in [6.45, 7) is 12.6. The Hall–Kier alpha value is -2.70. The Bertz CT molecular complexity index is 1690. The molecule has 9 atom stereocenters. The number of carboxylic acid groups (broad SMARTS) is 2. The van der Waals surface area contributed by atoms with Crippen molar-refractivity contribution >= 4 is 40.7 Å². The van der Waals surface area contributed by atoms with E-state index < -0.39 is 11.9 Å². The van der Waals surface area contributed by atoms with E-state index in [-0.39, 0.29) is 32.7 Å². The highest BCUT2D eigenvalue weighted by Crippen LogP contribution is 2.69. The summed E-state index contributed by atoms with van der Waals surface area (Å²) in [5.41, 5.74) is 2.59. The van der Waals surface area contributed by atoms with Crippen LogP contribution in [0.25, 0.3) is 5.57 Å². The van der Waals surface area contributed by atoms with Gasteiger partial charge in [0, 0.05) is 0 Å². The SMILES string of the molecule is COc1c(Cl)cc(C(=CCCC2CC[C@@]3(C)C(CC[C@H]4[C@@H]5CC[C@H]([C@H](C)CCCC(C)C)[C@@]5(C)CC[C@@H]43)C2)c2cc(Cl)c(OC)c(C(=O)O)c2)cc1C(=O)O. The topological polar surface area (TPSA) is 93.1 Å². The molecule has 4 saturated carbocycles. The summed E-state index contributed by atoms with van der Waals surface area (Å²) in [6, 6.07) is 6.43. The normalized spacial score (nSPS) is 30.5. The molecule has 0 heterocycles. The maximum absolute atomic E-state index is 12.3. The van der Waals surface area contributed by atoms with E-state index in [0.29, 0.717) is 33.4 Å². The molecule has 0 aliphatic heterocycles. The fraction of sp³-hybridized carbons (Fsp3) is 0.660. The zero-order valence-electron chi connectivity index (χ0n) is 34.2. The Morgan fingerprint density at radius 1 is 0.800 bits per heavy atom.